The van der Waals surface area contributed by atoms with E-state index in [0.29, 0.717) is 13.0 Å². The Morgan fingerprint density at radius 3 is 2.29 bits per heavy atom. The van der Waals surface area contributed by atoms with Gasteiger partial charge in [-0.05, 0) is 35.2 Å². The van der Waals surface area contributed by atoms with E-state index >= 15 is 0 Å². The van der Waals surface area contributed by atoms with Crippen molar-refractivity contribution in [2.24, 2.45) is 0 Å². The van der Waals surface area contributed by atoms with Crippen LogP contribution in [0.25, 0.3) is 11.1 Å². The first-order valence-electron chi connectivity index (χ1n) is 9.80. The van der Waals surface area contributed by atoms with Gasteiger partial charge in [-0.2, -0.15) is 0 Å². The second kappa shape index (κ2) is 9.75. The van der Waals surface area contributed by atoms with E-state index in [2.05, 4.69) is 43.3 Å². The molecule has 1 amide bonds. The maximum Gasteiger partial charge on any atom is 0.227 e. The van der Waals surface area contributed by atoms with Crippen molar-refractivity contribution in [3.63, 3.8) is 0 Å². The Morgan fingerprint density at radius 2 is 1.61 bits per heavy atom. The van der Waals surface area contributed by atoms with Crippen LogP contribution in [0.15, 0.2) is 78.9 Å². The molecule has 144 valence electrons. The van der Waals surface area contributed by atoms with Gasteiger partial charge in [0.25, 0.3) is 0 Å². The van der Waals surface area contributed by atoms with E-state index < -0.39 is 0 Å². The summed E-state index contributed by atoms with van der Waals surface area (Å²) >= 11 is 0. The van der Waals surface area contributed by atoms with Crippen molar-refractivity contribution in [3.05, 3.63) is 84.4 Å². The molecule has 0 N–H and O–H groups in total. The third-order valence-corrected chi connectivity index (χ3v) is 4.81. The molecule has 0 radical (unpaired) electrons. The Morgan fingerprint density at radius 1 is 0.893 bits per heavy atom. The van der Waals surface area contributed by atoms with Crippen molar-refractivity contribution in [2.75, 3.05) is 12.0 Å². The van der Waals surface area contributed by atoms with Gasteiger partial charge in [0.2, 0.25) is 5.91 Å². The number of hydrogen-bond donors (Lipinski definition) is 0. The van der Waals surface area contributed by atoms with Crippen LogP contribution in [0.3, 0.4) is 0 Å². The minimum absolute atomic E-state index is 0.141. The lowest BCUT2D eigenvalue weighted by atomic mass is 10.0. The smallest absolute Gasteiger partial charge is 0.227 e. The molecule has 0 bridgehead atoms. The summed E-state index contributed by atoms with van der Waals surface area (Å²) in [5, 5.41) is 0. The SMILES string of the molecule is CCCCC(=O)N(Cc1ccc(-c2ccccc2)cc1)c1cccc(OC)c1. The van der Waals surface area contributed by atoms with Crippen molar-refractivity contribution >= 4 is 11.6 Å². The van der Waals surface area contributed by atoms with Gasteiger partial charge in [-0.3, -0.25) is 4.79 Å². The molecule has 3 heteroatoms. The Hall–Kier alpha value is -3.07. The summed E-state index contributed by atoms with van der Waals surface area (Å²) in [6.07, 6.45) is 2.45. The van der Waals surface area contributed by atoms with Gasteiger partial charge in [0.1, 0.15) is 5.75 Å². The van der Waals surface area contributed by atoms with Crippen LogP contribution in [0, 0.1) is 0 Å². The number of unbranched alkanes of at least 4 members (excludes halogenated alkanes) is 1. The van der Waals surface area contributed by atoms with Gasteiger partial charge in [-0.25, -0.2) is 0 Å². The Kier molecular flexibility index (Phi) is 6.85. The number of anilines is 1. The normalized spacial score (nSPS) is 10.5. The first kappa shape index (κ1) is 19.7. The predicted molar refractivity (Wildman–Crippen MR) is 116 cm³/mol. The van der Waals surface area contributed by atoms with Crippen LogP contribution < -0.4 is 9.64 Å². The highest BCUT2D eigenvalue weighted by molar-refractivity contribution is 5.93. The number of methoxy groups -OCH3 is 1. The zero-order valence-electron chi connectivity index (χ0n) is 16.6. The van der Waals surface area contributed by atoms with Gasteiger partial charge in [0.05, 0.1) is 13.7 Å². The first-order chi connectivity index (χ1) is 13.7. The average molecular weight is 373 g/mol. The van der Waals surface area contributed by atoms with Crippen molar-refractivity contribution in [1.29, 1.82) is 0 Å². The molecule has 0 spiro atoms. The highest BCUT2D eigenvalue weighted by Gasteiger charge is 2.16. The van der Waals surface area contributed by atoms with E-state index in [1.165, 1.54) is 11.1 Å². The highest BCUT2D eigenvalue weighted by Crippen LogP contribution is 2.25. The molecule has 0 atom stereocenters. The van der Waals surface area contributed by atoms with E-state index in [-0.39, 0.29) is 5.91 Å². The number of rotatable bonds is 8. The van der Waals surface area contributed by atoms with Crippen molar-refractivity contribution in [1.82, 2.24) is 0 Å². The molecule has 0 saturated carbocycles. The van der Waals surface area contributed by atoms with E-state index in [9.17, 15) is 4.79 Å². The molecule has 3 nitrogen and oxygen atoms in total. The monoisotopic (exact) mass is 373 g/mol. The van der Waals surface area contributed by atoms with E-state index in [1.807, 2.05) is 47.4 Å². The van der Waals surface area contributed by atoms with Gasteiger partial charge in [0, 0.05) is 18.2 Å². The molecule has 28 heavy (non-hydrogen) atoms. The fourth-order valence-electron chi connectivity index (χ4n) is 3.18. The van der Waals surface area contributed by atoms with Crippen molar-refractivity contribution < 1.29 is 9.53 Å². The molecular weight excluding hydrogens is 346 g/mol. The minimum Gasteiger partial charge on any atom is -0.497 e. The van der Waals surface area contributed by atoms with Crippen LogP contribution in [0.4, 0.5) is 5.69 Å². The van der Waals surface area contributed by atoms with Crippen LogP contribution in [-0.4, -0.2) is 13.0 Å². The lowest BCUT2D eigenvalue weighted by Gasteiger charge is -2.24. The third-order valence-electron chi connectivity index (χ3n) is 4.81. The molecule has 0 aliphatic rings. The zero-order chi connectivity index (χ0) is 19.8. The third kappa shape index (κ3) is 5.01. The number of carbonyl (C=O) groups is 1. The molecule has 3 aromatic carbocycles. The van der Waals surface area contributed by atoms with Gasteiger partial charge in [-0.15, -0.1) is 0 Å². The Balaban J connectivity index is 1.83. The lowest BCUT2D eigenvalue weighted by molar-refractivity contribution is -0.118. The number of nitrogens with zero attached hydrogens (tertiary/aromatic N) is 1. The molecule has 3 rings (SSSR count). The van der Waals surface area contributed by atoms with Gasteiger partial charge >= 0.3 is 0 Å². The molecule has 0 fully saturated rings. The predicted octanol–water partition coefficient (Wildman–Crippen LogP) is 6.09. The van der Waals surface area contributed by atoms with Crippen LogP contribution in [0.1, 0.15) is 31.7 Å². The molecule has 0 saturated heterocycles. The number of amides is 1. The number of carbonyl (C=O) groups excluding carboxylic acids is 1. The Bertz CT molecular complexity index is 888. The molecule has 3 aromatic rings. The number of ether oxygens (including phenoxy) is 1. The maximum atomic E-state index is 12.9. The van der Waals surface area contributed by atoms with Gasteiger partial charge in [0.15, 0.2) is 0 Å². The standard InChI is InChI=1S/C25H27NO2/c1-3-4-13-25(27)26(23-11-8-12-24(18-23)28-2)19-20-14-16-22(17-15-20)21-9-6-5-7-10-21/h5-12,14-18H,3-4,13,19H2,1-2H3. The largest absolute Gasteiger partial charge is 0.497 e. The quantitative estimate of drug-likeness (QED) is 0.478. The molecular formula is C25H27NO2. The second-order valence-electron chi connectivity index (χ2n) is 6.85. The van der Waals surface area contributed by atoms with Crippen LogP contribution in [-0.2, 0) is 11.3 Å². The Labute approximate surface area is 167 Å². The lowest BCUT2D eigenvalue weighted by Crippen LogP contribution is -2.30. The van der Waals surface area contributed by atoms with Gasteiger partial charge < -0.3 is 9.64 Å². The fourth-order valence-corrected chi connectivity index (χ4v) is 3.18. The van der Waals surface area contributed by atoms with E-state index in [0.717, 1.165) is 29.8 Å². The number of benzene rings is 3. The second-order valence-corrected chi connectivity index (χ2v) is 6.85. The maximum absolute atomic E-state index is 12.9. The fraction of sp³-hybridized carbons (Fsp3) is 0.240. The summed E-state index contributed by atoms with van der Waals surface area (Å²) in [6, 6.07) is 26.4. The minimum atomic E-state index is 0.141. The summed E-state index contributed by atoms with van der Waals surface area (Å²) < 4.78 is 5.34. The first-order valence-corrected chi connectivity index (χ1v) is 9.80. The summed E-state index contributed by atoms with van der Waals surface area (Å²) in [6.45, 7) is 2.65. The number of hydrogen-bond acceptors (Lipinski definition) is 2. The molecule has 0 unspecified atom stereocenters. The average Bonchev–Trinajstić information content (AvgIpc) is 2.77. The molecule has 0 aliphatic heterocycles. The van der Waals surface area contributed by atoms with E-state index in [1.54, 1.807) is 7.11 Å². The summed E-state index contributed by atoms with van der Waals surface area (Å²) in [5.41, 5.74) is 4.34. The summed E-state index contributed by atoms with van der Waals surface area (Å²) in [4.78, 5) is 14.7. The van der Waals surface area contributed by atoms with Crippen molar-refractivity contribution in [2.45, 2.75) is 32.7 Å². The van der Waals surface area contributed by atoms with Crippen molar-refractivity contribution in [3.8, 4) is 16.9 Å². The zero-order valence-corrected chi connectivity index (χ0v) is 16.6. The van der Waals surface area contributed by atoms with Gasteiger partial charge in [-0.1, -0.05) is 74.0 Å². The summed E-state index contributed by atoms with van der Waals surface area (Å²) in [5.74, 6) is 0.896. The molecule has 0 aromatic heterocycles. The topological polar surface area (TPSA) is 29.5 Å². The highest BCUT2D eigenvalue weighted by atomic mass is 16.5. The van der Waals surface area contributed by atoms with Crippen LogP contribution in [0.2, 0.25) is 0 Å². The van der Waals surface area contributed by atoms with E-state index in [4.69, 9.17) is 4.74 Å². The van der Waals surface area contributed by atoms with Crippen LogP contribution in [0.5, 0.6) is 5.75 Å². The molecule has 0 aliphatic carbocycles. The van der Waals surface area contributed by atoms with Crippen LogP contribution >= 0.6 is 0 Å². The molecule has 0 heterocycles. The summed E-state index contributed by atoms with van der Waals surface area (Å²) in [7, 11) is 1.64.